The highest BCUT2D eigenvalue weighted by atomic mass is 32.2. The van der Waals surface area contributed by atoms with Crippen molar-refractivity contribution in [3.63, 3.8) is 0 Å². The van der Waals surface area contributed by atoms with Crippen molar-refractivity contribution in [3.8, 4) is 5.75 Å². The maximum Gasteiger partial charge on any atom is 0.262 e. The van der Waals surface area contributed by atoms with Crippen LogP contribution in [-0.4, -0.2) is 20.9 Å². The summed E-state index contributed by atoms with van der Waals surface area (Å²) in [6.45, 7) is 1.75. The maximum absolute atomic E-state index is 12.5. The van der Waals surface area contributed by atoms with Gasteiger partial charge in [-0.1, -0.05) is 54.1 Å². The first-order chi connectivity index (χ1) is 15.4. The molecule has 6 nitrogen and oxygen atoms in total. The number of nitrogens with one attached hydrogen (secondary N) is 2. The van der Waals surface area contributed by atoms with Crippen LogP contribution < -0.4 is 14.8 Å². The minimum absolute atomic E-state index is 0.143. The zero-order valence-corrected chi connectivity index (χ0v) is 18.2. The van der Waals surface area contributed by atoms with Gasteiger partial charge in [0.2, 0.25) is 0 Å². The minimum Gasteiger partial charge on any atom is -0.483 e. The van der Waals surface area contributed by atoms with Crippen LogP contribution in [0, 0.1) is 6.92 Å². The monoisotopic (exact) mass is 446 g/mol. The van der Waals surface area contributed by atoms with Crippen LogP contribution in [0.5, 0.6) is 5.75 Å². The molecule has 4 aromatic carbocycles. The van der Waals surface area contributed by atoms with E-state index < -0.39 is 10.0 Å². The van der Waals surface area contributed by atoms with Crippen molar-refractivity contribution in [1.29, 1.82) is 0 Å². The SMILES string of the molecule is Cc1ccc(S(=O)(=O)Nc2ccc(NC(=O)COc3cccc4ccccc34)cc2)cc1. The van der Waals surface area contributed by atoms with Crippen LogP contribution in [0.25, 0.3) is 10.8 Å². The molecule has 32 heavy (non-hydrogen) atoms. The van der Waals surface area contributed by atoms with E-state index in [-0.39, 0.29) is 17.4 Å². The molecule has 0 aromatic heterocycles. The molecule has 4 rings (SSSR count). The first kappa shape index (κ1) is 21.4. The van der Waals surface area contributed by atoms with E-state index in [9.17, 15) is 13.2 Å². The number of carbonyl (C=O) groups is 1. The first-order valence-electron chi connectivity index (χ1n) is 10.0. The fraction of sp³-hybridized carbons (Fsp3) is 0.0800. The topological polar surface area (TPSA) is 84.5 Å². The highest BCUT2D eigenvalue weighted by Crippen LogP contribution is 2.25. The predicted octanol–water partition coefficient (Wildman–Crippen LogP) is 4.97. The van der Waals surface area contributed by atoms with Gasteiger partial charge in [0.15, 0.2) is 6.61 Å². The van der Waals surface area contributed by atoms with Crippen LogP contribution in [0.3, 0.4) is 0 Å². The summed E-state index contributed by atoms with van der Waals surface area (Å²) in [4.78, 5) is 12.5. The summed E-state index contributed by atoms with van der Waals surface area (Å²) in [7, 11) is -3.68. The van der Waals surface area contributed by atoms with Crippen molar-refractivity contribution in [2.45, 2.75) is 11.8 Å². The van der Waals surface area contributed by atoms with Crippen molar-refractivity contribution in [2.24, 2.45) is 0 Å². The normalized spacial score (nSPS) is 11.2. The van der Waals surface area contributed by atoms with E-state index in [1.165, 1.54) is 0 Å². The summed E-state index contributed by atoms with van der Waals surface area (Å²) in [6.07, 6.45) is 0. The second kappa shape index (κ2) is 9.11. The van der Waals surface area contributed by atoms with E-state index in [1.54, 1.807) is 48.5 Å². The Morgan fingerprint density at radius 1 is 0.812 bits per heavy atom. The standard InChI is InChI=1S/C25H22N2O4S/c1-18-9-15-22(16-10-18)32(29,30)27-21-13-11-20(12-14-21)26-25(28)17-31-24-8-4-6-19-5-2-3-7-23(19)24/h2-16,27H,17H2,1H3,(H,26,28). The van der Waals surface area contributed by atoms with Crippen molar-refractivity contribution in [2.75, 3.05) is 16.6 Å². The molecule has 162 valence electrons. The fourth-order valence-electron chi connectivity index (χ4n) is 3.22. The van der Waals surface area contributed by atoms with Gasteiger partial charge in [-0.2, -0.15) is 0 Å². The van der Waals surface area contributed by atoms with Gasteiger partial charge in [-0.3, -0.25) is 9.52 Å². The molecule has 0 aliphatic carbocycles. The number of carbonyl (C=O) groups excluding carboxylic acids is 1. The molecule has 1 amide bonds. The Morgan fingerprint density at radius 2 is 1.47 bits per heavy atom. The molecule has 0 heterocycles. The number of sulfonamides is 1. The Bertz CT molecular complexity index is 1340. The van der Waals surface area contributed by atoms with Gasteiger partial charge in [-0.05, 0) is 54.8 Å². The maximum atomic E-state index is 12.5. The van der Waals surface area contributed by atoms with Gasteiger partial charge in [-0.25, -0.2) is 8.42 Å². The van der Waals surface area contributed by atoms with Crippen LogP contribution in [0.15, 0.2) is 95.9 Å². The Kier molecular flexibility index (Phi) is 6.09. The summed E-state index contributed by atoms with van der Waals surface area (Å²) < 4.78 is 33.2. The molecular weight excluding hydrogens is 424 g/mol. The molecule has 0 spiro atoms. The van der Waals surface area contributed by atoms with Gasteiger partial charge in [0.25, 0.3) is 15.9 Å². The molecule has 0 radical (unpaired) electrons. The number of amides is 1. The number of ether oxygens (including phenoxy) is 1. The van der Waals surface area contributed by atoms with Gasteiger partial charge >= 0.3 is 0 Å². The van der Waals surface area contributed by atoms with Crippen molar-refractivity contribution >= 4 is 38.1 Å². The van der Waals surface area contributed by atoms with E-state index >= 15 is 0 Å². The van der Waals surface area contributed by atoms with Gasteiger partial charge in [0.1, 0.15) is 5.75 Å². The highest BCUT2D eigenvalue weighted by Gasteiger charge is 2.14. The molecule has 7 heteroatoms. The lowest BCUT2D eigenvalue weighted by atomic mass is 10.1. The summed E-state index contributed by atoms with van der Waals surface area (Å²) in [5.74, 6) is 0.324. The number of fused-ring (bicyclic) bond motifs is 1. The van der Waals surface area contributed by atoms with Crippen LogP contribution in [0.1, 0.15) is 5.56 Å². The van der Waals surface area contributed by atoms with E-state index in [0.717, 1.165) is 16.3 Å². The molecule has 4 aromatic rings. The summed E-state index contributed by atoms with van der Waals surface area (Å²) in [6, 6.07) is 26.5. The average molecular weight is 447 g/mol. The zero-order valence-electron chi connectivity index (χ0n) is 17.4. The molecule has 0 aliphatic rings. The number of aryl methyl sites for hydroxylation is 1. The molecule has 0 unspecified atom stereocenters. The first-order valence-corrected chi connectivity index (χ1v) is 11.5. The van der Waals surface area contributed by atoms with Crippen LogP contribution in [0.2, 0.25) is 0 Å². The number of anilines is 2. The number of rotatable bonds is 7. The Hall–Kier alpha value is -3.84. The predicted molar refractivity (Wildman–Crippen MR) is 127 cm³/mol. The summed E-state index contributed by atoms with van der Waals surface area (Å²) >= 11 is 0. The largest absolute Gasteiger partial charge is 0.483 e. The van der Waals surface area contributed by atoms with Crippen molar-refractivity contribution in [3.05, 3.63) is 96.6 Å². The third-order valence-corrected chi connectivity index (χ3v) is 6.26. The van der Waals surface area contributed by atoms with E-state index in [4.69, 9.17) is 4.74 Å². The van der Waals surface area contributed by atoms with E-state index in [0.29, 0.717) is 17.1 Å². The van der Waals surface area contributed by atoms with E-state index in [2.05, 4.69) is 10.0 Å². The van der Waals surface area contributed by atoms with Crippen molar-refractivity contribution in [1.82, 2.24) is 0 Å². The summed E-state index contributed by atoms with van der Waals surface area (Å²) in [5, 5.41) is 4.72. The Morgan fingerprint density at radius 3 is 2.22 bits per heavy atom. The van der Waals surface area contributed by atoms with E-state index in [1.807, 2.05) is 49.4 Å². The lowest BCUT2D eigenvalue weighted by Crippen LogP contribution is -2.20. The Labute approximate surface area is 186 Å². The van der Waals surface area contributed by atoms with Crippen LogP contribution in [-0.2, 0) is 14.8 Å². The lowest BCUT2D eigenvalue weighted by Gasteiger charge is -2.11. The second-order valence-electron chi connectivity index (χ2n) is 7.31. The molecular formula is C25H22N2O4S. The van der Waals surface area contributed by atoms with Gasteiger partial charge in [0, 0.05) is 16.8 Å². The minimum atomic E-state index is -3.68. The number of hydrogen-bond donors (Lipinski definition) is 2. The average Bonchev–Trinajstić information content (AvgIpc) is 2.79. The molecule has 2 N–H and O–H groups in total. The zero-order chi connectivity index (χ0) is 22.6. The summed E-state index contributed by atoms with van der Waals surface area (Å²) in [5.41, 5.74) is 1.92. The molecule has 0 fully saturated rings. The smallest absolute Gasteiger partial charge is 0.262 e. The lowest BCUT2D eigenvalue weighted by molar-refractivity contribution is -0.118. The third kappa shape index (κ3) is 5.07. The van der Waals surface area contributed by atoms with Crippen molar-refractivity contribution < 1.29 is 17.9 Å². The Balaban J connectivity index is 1.36. The molecule has 0 saturated carbocycles. The molecule has 0 aliphatic heterocycles. The second-order valence-corrected chi connectivity index (χ2v) is 8.99. The highest BCUT2D eigenvalue weighted by molar-refractivity contribution is 7.92. The third-order valence-electron chi connectivity index (χ3n) is 4.86. The molecule has 0 atom stereocenters. The van der Waals surface area contributed by atoms with Gasteiger partial charge in [0.05, 0.1) is 4.90 Å². The molecule has 0 saturated heterocycles. The van der Waals surface area contributed by atoms with Crippen LogP contribution >= 0.6 is 0 Å². The number of benzene rings is 4. The van der Waals surface area contributed by atoms with Gasteiger partial charge < -0.3 is 10.1 Å². The quantitative estimate of drug-likeness (QED) is 0.420. The number of hydrogen-bond acceptors (Lipinski definition) is 4. The van der Waals surface area contributed by atoms with Gasteiger partial charge in [-0.15, -0.1) is 0 Å². The van der Waals surface area contributed by atoms with Crippen LogP contribution in [0.4, 0.5) is 11.4 Å². The molecule has 0 bridgehead atoms. The fourth-order valence-corrected chi connectivity index (χ4v) is 4.27.